The third-order valence-corrected chi connectivity index (χ3v) is 3.67. The fourth-order valence-corrected chi connectivity index (χ4v) is 2.51. The summed E-state index contributed by atoms with van der Waals surface area (Å²) in [6, 6.07) is 3.01. The Morgan fingerprint density at radius 2 is 1.68 bits per heavy atom. The molecular weight excluding hydrogens is 326 g/mol. The molecule has 0 saturated carbocycles. The number of Topliss-reactive ketones (excluding diaryl/α,β-unsaturated/α-hetero) is 1. The monoisotopic (exact) mass is 353 g/mol. The molecule has 0 aliphatic rings. The molecule has 3 N–H and O–H groups in total. The average Bonchev–Trinajstić information content (AvgIpc) is 2.58. The van der Waals surface area contributed by atoms with Gasteiger partial charge in [-0.3, -0.25) is 9.59 Å². The molecule has 0 heterocycles. The highest BCUT2D eigenvalue weighted by Gasteiger charge is 2.28. The molecule has 25 heavy (non-hydrogen) atoms. The zero-order chi connectivity index (χ0) is 18.8. The summed E-state index contributed by atoms with van der Waals surface area (Å²) in [7, 11) is 1.48. The van der Waals surface area contributed by atoms with E-state index < -0.39 is 17.7 Å². The molecule has 7 heteroatoms. The first-order chi connectivity index (χ1) is 12.0. The van der Waals surface area contributed by atoms with Crippen molar-refractivity contribution in [3.8, 4) is 17.2 Å². The van der Waals surface area contributed by atoms with Crippen LogP contribution >= 0.6 is 0 Å². The van der Waals surface area contributed by atoms with Crippen molar-refractivity contribution in [1.82, 2.24) is 0 Å². The molecular formula is C18H27NO6. The number of carboxylic acids is 1. The highest BCUT2D eigenvalue weighted by Crippen LogP contribution is 2.39. The summed E-state index contributed by atoms with van der Waals surface area (Å²) in [5.41, 5.74) is 5.67. The Labute approximate surface area is 148 Å². The van der Waals surface area contributed by atoms with Crippen LogP contribution in [0.2, 0.25) is 0 Å². The van der Waals surface area contributed by atoms with Crippen LogP contribution < -0.4 is 19.9 Å². The first-order valence-electron chi connectivity index (χ1n) is 8.44. The van der Waals surface area contributed by atoms with E-state index in [1.165, 1.54) is 19.2 Å². The van der Waals surface area contributed by atoms with E-state index in [4.69, 9.17) is 19.9 Å². The number of carbonyl (C=O) groups excluding carboxylic acids is 1. The molecule has 0 aromatic heterocycles. The van der Waals surface area contributed by atoms with E-state index in [1.807, 2.05) is 0 Å². The van der Waals surface area contributed by atoms with Gasteiger partial charge in [0.25, 0.3) is 0 Å². The Morgan fingerprint density at radius 3 is 2.08 bits per heavy atom. The topological polar surface area (TPSA) is 108 Å². The number of unbranched alkanes of at least 4 members (excludes halogenated alkanes) is 1. The van der Waals surface area contributed by atoms with Crippen molar-refractivity contribution in [2.24, 2.45) is 11.7 Å². The molecule has 140 valence electrons. The molecule has 0 radical (unpaired) electrons. The number of aliphatic carboxylic acids is 1. The van der Waals surface area contributed by atoms with Crippen molar-refractivity contribution < 1.29 is 28.9 Å². The number of carboxylic acid groups (broad SMARTS) is 1. The van der Waals surface area contributed by atoms with Crippen LogP contribution in [0.15, 0.2) is 12.1 Å². The van der Waals surface area contributed by atoms with E-state index in [-0.39, 0.29) is 12.0 Å². The molecule has 1 aromatic rings. The van der Waals surface area contributed by atoms with E-state index in [9.17, 15) is 14.7 Å². The lowest BCUT2D eigenvalue weighted by atomic mass is 9.92. The van der Waals surface area contributed by atoms with E-state index in [0.29, 0.717) is 49.8 Å². The minimum Gasteiger partial charge on any atom is -0.490 e. The van der Waals surface area contributed by atoms with E-state index in [0.717, 1.165) is 0 Å². The quantitative estimate of drug-likeness (QED) is 0.338. The molecule has 0 aliphatic carbocycles. The normalized spacial score (nSPS) is 11.7. The molecule has 1 unspecified atom stereocenters. The van der Waals surface area contributed by atoms with Gasteiger partial charge in [0.05, 0.1) is 20.3 Å². The van der Waals surface area contributed by atoms with Crippen LogP contribution in [-0.4, -0.2) is 43.7 Å². The molecule has 0 saturated heterocycles. The lowest BCUT2D eigenvalue weighted by Gasteiger charge is -2.17. The van der Waals surface area contributed by atoms with Crippen LogP contribution in [-0.2, 0) is 4.79 Å². The van der Waals surface area contributed by atoms with E-state index >= 15 is 0 Å². The number of hydrogen-bond acceptors (Lipinski definition) is 6. The second kappa shape index (κ2) is 10.6. The van der Waals surface area contributed by atoms with Crippen LogP contribution in [0.5, 0.6) is 17.2 Å². The van der Waals surface area contributed by atoms with Crippen LogP contribution in [0.1, 0.15) is 43.5 Å². The lowest BCUT2D eigenvalue weighted by Crippen LogP contribution is -2.24. The van der Waals surface area contributed by atoms with Crippen molar-refractivity contribution in [3.63, 3.8) is 0 Å². The molecule has 7 nitrogen and oxygen atoms in total. The fourth-order valence-electron chi connectivity index (χ4n) is 2.51. The summed E-state index contributed by atoms with van der Waals surface area (Å²) in [5, 5.41) is 9.41. The van der Waals surface area contributed by atoms with Gasteiger partial charge in [-0.05, 0) is 45.4 Å². The predicted molar refractivity (Wildman–Crippen MR) is 93.7 cm³/mol. The first-order valence-corrected chi connectivity index (χ1v) is 8.44. The highest BCUT2D eigenvalue weighted by atomic mass is 16.5. The predicted octanol–water partition coefficient (Wildman–Crippen LogP) is 2.51. The first kappa shape index (κ1) is 20.8. The SMILES string of the molecule is CCOc1cc(C(=O)C(CCCCN)C(=O)O)cc(OCC)c1OC. The van der Waals surface area contributed by atoms with Gasteiger partial charge in [-0.15, -0.1) is 0 Å². The summed E-state index contributed by atoms with van der Waals surface area (Å²) in [5.74, 6) is -1.65. The maximum atomic E-state index is 12.7. The zero-order valence-corrected chi connectivity index (χ0v) is 15.0. The van der Waals surface area contributed by atoms with Gasteiger partial charge in [0.15, 0.2) is 17.3 Å². The van der Waals surface area contributed by atoms with Gasteiger partial charge in [-0.2, -0.15) is 0 Å². The lowest BCUT2D eigenvalue weighted by molar-refractivity contribution is -0.140. The van der Waals surface area contributed by atoms with Crippen molar-refractivity contribution in [3.05, 3.63) is 17.7 Å². The molecule has 1 atom stereocenters. The van der Waals surface area contributed by atoms with Gasteiger partial charge >= 0.3 is 5.97 Å². The minimum atomic E-state index is -1.14. The number of rotatable bonds is 12. The standard InChI is InChI=1S/C18H27NO6/c1-4-24-14-10-12(11-15(25-5-2)17(14)23-3)16(20)13(18(21)22)8-6-7-9-19/h10-11,13H,4-9,19H2,1-3H3,(H,21,22). The van der Waals surface area contributed by atoms with E-state index in [1.54, 1.807) is 13.8 Å². The number of benzene rings is 1. The van der Waals surface area contributed by atoms with Gasteiger partial charge in [0.1, 0.15) is 5.92 Å². The van der Waals surface area contributed by atoms with Gasteiger partial charge in [-0.25, -0.2) is 0 Å². The maximum Gasteiger partial charge on any atom is 0.314 e. The Hall–Kier alpha value is -2.28. The largest absolute Gasteiger partial charge is 0.490 e. The summed E-state index contributed by atoms with van der Waals surface area (Å²) in [4.78, 5) is 24.2. The number of nitrogens with two attached hydrogens (primary N) is 1. The second-order valence-corrected chi connectivity index (χ2v) is 5.41. The van der Waals surface area contributed by atoms with Crippen LogP contribution in [0.3, 0.4) is 0 Å². The Kier molecular flexibility index (Phi) is 8.77. The molecule has 1 rings (SSSR count). The molecule has 1 aromatic carbocycles. The molecule has 0 spiro atoms. The summed E-state index contributed by atoms with van der Waals surface area (Å²) in [6.45, 7) is 4.82. The van der Waals surface area contributed by atoms with Crippen LogP contribution in [0.4, 0.5) is 0 Å². The zero-order valence-electron chi connectivity index (χ0n) is 15.0. The average molecular weight is 353 g/mol. The van der Waals surface area contributed by atoms with Crippen molar-refractivity contribution >= 4 is 11.8 Å². The number of ether oxygens (including phenoxy) is 3. The summed E-state index contributed by atoms with van der Waals surface area (Å²) in [6.07, 6.45) is 1.49. The molecule has 0 aliphatic heterocycles. The second-order valence-electron chi connectivity index (χ2n) is 5.41. The van der Waals surface area contributed by atoms with Crippen molar-refractivity contribution in [2.75, 3.05) is 26.9 Å². The third kappa shape index (κ3) is 5.63. The number of ketones is 1. The Morgan fingerprint density at radius 1 is 1.12 bits per heavy atom. The van der Waals surface area contributed by atoms with E-state index in [2.05, 4.69) is 0 Å². The smallest absolute Gasteiger partial charge is 0.314 e. The number of carbonyl (C=O) groups is 2. The molecule has 0 fully saturated rings. The Bertz CT molecular complexity index is 560. The van der Waals surface area contributed by atoms with Gasteiger partial charge in [-0.1, -0.05) is 6.42 Å². The van der Waals surface area contributed by atoms with Crippen molar-refractivity contribution in [2.45, 2.75) is 33.1 Å². The summed E-state index contributed by atoms with van der Waals surface area (Å²) >= 11 is 0. The molecule has 0 bridgehead atoms. The molecule has 0 amide bonds. The summed E-state index contributed by atoms with van der Waals surface area (Å²) < 4.78 is 16.4. The van der Waals surface area contributed by atoms with Gasteiger partial charge in [0.2, 0.25) is 5.75 Å². The maximum absolute atomic E-state index is 12.7. The van der Waals surface area contributed by atoms with Crippen molar-refractivity contribution in [1.29, 1.82) is 0 Å². The highest BCUT2D eigenvalue weighted by molar-refractivity contribution is 6.08. The van der Waals surface area contributed by atoms with Crippen LogP contribution in [0, 0.1) is 5.92 Å². The Balaban J connectivity index is 3.23. The third-order valence-electron chi connectivity index (χ3n) is 3.67. The number of methoxy groups -OCH3 is 1. The number of hydrogen-bond donors (Lipinski definition) is 2. The minimum absolute atomic E-state index is 0.229. The fraction of sp³-hybridized carbons (Fsp3) is 0.556. The van der Waals surface area contributed by atoms with Gasteiger partial charge in [0, 0.05) is 5.56 Å². The van der Waals surface area contributed by atoms with Gasteiger partial charge < -0.3 is 25.1 Å². The van der Waals surface area contributed by atoms with Crippen LogP contribution in [0.25, 0.3) is 0 Å².